The van der Waals surface area contributed by atoms with E-state index < -0.39 is 0 Å². The molecule has 7 nitrogen and oxygen atoms in total. The van der Waals surface area contributed by atoms with E-state index in [0.29, 0.717) is 34.7 Å². The number of aromatic nitrogens is 1. The number of thiazole rings is 1. The van der Waals surface area contributed by atoms with Gasteiger partial charge in [-0.1, -0.05) is 35.1 Å². The van der Waals surface area contributed by atoms with Gasteiger partial charge in [0.05, 0.1) is 34.7 Å². The Hall–Kier alpha value is -2.43. The monoisotopic (exact) mass is 502 g/mol. The average Bonchev–Trinajstić information content (AvgIpc) is 3.39. The first-order chi connectivity index (χ1) is 15.6. The molecule has 0 spiro atoms. The molecule has 1 amide bonds. The SMILES string of the molecule is C/C(=C1/C(=O)N(c2nc3ccccc3s2)N=C1CSc1ccc(Cl)cc1)N1CCOCC1.O. The summed E-state index contributed by atoms with van der Waals surface area (Å²) < 4.78 is 6.52. The molecule has 1 aromatic heterocycles. The fourth-order valence-electron chi connectivity index (χ4n) is 3.73. The Balaban J connectivity index is 0.00000259. The molecule has 172 valence electrons. The summed E-state index contributed by atoms with van der Waals surface area (Å²) in [6.45, 7) is 4.85. The molecular weight excluding hydrogens is 480 g/mol. The second-order valence-electron chi connectivity index (χ2n) is 7.43. The number of halogens is 1. The van der Waals surface area contributed by atoms with Crippen molar-refractivity contribution in [2.75, 3.05) is 37.1 Å². The van der Waals surface area contributed by atoms with Gasteiger partial charge in [0.2, 0.25) is 5.13 Å². The highest BCUT2D eigenvalue weighted by Crippen LogP contribution is 2.34. The van der Waals surface area contributed by atoms with E-state index in [-0.39, 0.29) is 11.4 Å². The normalized spacial score (nSPS) is 17.9. The Kier molecular flexibility index (Phi) is 7.35. The van der Waals surface area contributed by atoms with Crippen LogP contribution in [0, 0.1) is 0 Å². The average molecular weight is 503 g/mol. The minimum Gasteiger partial charge on any atom is -0.412 e. The summed E-state index contributed by atoms with van der Waals surface area (Å²) in [5.74, 6) is 0.450. The zero-order valence-electron chi connectivity index (χ0n) is 18.0. The second kappa shape index (κ2) is 10.2. The number of hydrazone groups is 1. The summed E-state index contributed by atoms with van der Waals surface area (Å²) in [5.41, 5.74) is 3.23. The molecule has 0 aliphatic carbocycles. The van der Waals surface area contributed by atoms with E-state index in [4.69, 9.17) is 21.4 Å². The van der Waals surface area contributed by atoms with Crippen LogP contribution >= 0.6 is 34.7 Å². The molecule has 2 aromatic carbocycles. The number of allylic oxidation sites excluding steroid dienone is 1. The number of rotatable bonds is 5. The Morgan fingerprint density at radius 3 is 2.61 bits per heavy atom. The lowest BCUT2D eigenvalue weighted by Crippen LogP contribution is -2.37. The van der Waals surface area contributed by atoms with Crippen LogP contribution in [0.1, 0.15) is 6.92 Å². The lowest BCUT2D eigenvalue weighted by atomic mass is 10.1. The second-order valence-corrected chi connectivity index (χ2v) is 9.92. The highest BCUT2D eigenvalue weighted by molar-refractivity contribution is 8.00. The molecule has 0 saturated carbocycles. The van der Waals surface area contributed by atoms with Crippen LogP contribution in [0.2, 0.25) is 5.02 Å². The summed E-state index contributed by atoms with van der Waals surface area (Å²) in [6.07, 6.45) is 0. The van der Waals surface area contributed by atoms with Crippen molar-refractivity contribution in [2.24, 2.45) is 5.10 Å². The first-order valence-corrected chi connectivity index (χ1v) is 12.5. The number of hydrogen-bond donors (Lipinski definition) is 0. The van der Waals surface area contributed by atoms with E-state index >= 15 is 0 Å². The lowest BCUT2D eigenvalue weighted by molar-refractivity contribution is -0.114. The largest absolute Gasteiger partial charge is 0.412 e. The molecule has 5 rings (SSSR count). The minimum atomic E-state index is -0.125. The minimum absolute atomic E-state index is 0. The molecule has 10 heteroatoms. The predicted octanol–water partition coefficient (Wildman–Crippen LogP) is 4.23. The molecule has 0 atom stereocenters. The third-order valence-electron chi connectivity index (χ3n) is 5.42. The smallest absolute Gasteiger partial charge is 0.284 e. The highest BCUT2D eigenvalue weighted by atomic mass is 35.5. The first kappa shape index (κ1) is 23.7. The van der Waals surface area contributed by atoms with Crippen LogP contribution in [-0.2, 0) is 9.53 Å². The quantitative estimate of drug-likeness (QED) is 0.385. The van der Waals surface area contributed by atoms with Crippen LogP contribution in [0.3, 0.4) is 0 Å². The highest BCUT2D eigenvalue weighted by Gasteiger charge is 2.36. The third-order valence-corrected chi connectivity index (χ3v) is 7.70. The van der Waals surface area contributed by atoms with Crippen LogP contribution in [0.25, 0.3) is 10.2 Å². The van der Waals surface area contributed by atoms with Crippen molar-refractivity contribution in [3.05, 3.63) is 64.8 Å². The van der Waals surface area contributed by atoms with E-state index in [1.165, 1.54) is 16.3 Å². The number of thioether (sulfide) groups is 1. The molecular formula is C23H23ClN4O3S2. The molecule has 3 aromatic rings. The Bertz CT molecular complexity index is 1190. The molecule has 3 heterocycles. The van der Waals surface area contributed by atoms with Crippen molar-refractivity contribution in [2.45, 2.75) is 11.8 Å². The van der Waals surface area contributed by atoms with E-state index in [2.05, 4.69) is 9.88 Å². The van der Waals surface area contributed by atoms with Crippen molar-refractivity contribution in [3.8, 4) is 0 Å². The number of para-hydroxylation sites is 1. The fourth-order valence-corrected chi connectivity index (χ4v) is 5.61. The van der Waals surface area contributed by atoms with Crippen LogP contribution in [0.15, 0.2) is 69.8 Å². The first-order valence-electron chi connectivity index (χ1n) is 10.3. The lowest BCUT2D eigenvalue weighted by Gasteiger charge is -2.30. The van der Waals surface area contributed by atoms with Crippen molar-refractivity contribution in [1.29, 1.82) is 0 Å². The zero-order chi connectivity index (χ0) is 22.1. The van der Waals surface area contributed by atoms with E-state index in [0.717, 1.165) is 39.6 Å². The number of amides is 1. The summed E-state index contributed by atoms with van der Waals surface area (Å²) >= 11 is 9.13. The number of ether oxygens (including phenoxy) is 1. The third kappa shape index (κ3) is 4.92. The number of nitrogens with zero attached hydrogens (tertiary/aromatic N) is 4. The number of morpholine rings is 1. The predicted molar refractivity (Wildman–Crippen MR) is 135 cm³/mol. The Morgan fingerprint density at radius 1 is 1.15 bits per heavy atom. The topological polar surface area (TPSA) is 89.5 Å². The van der Waals surface area contributed by atoms with Gasteiger partial charge < -0.3 is 15.1 Å². The van der Waals surface area contributed by atoms with Gasteiger partial charge in [0.25, 0.3) is 5.91 Å². The molecule has 2 aliphatic heterocycles. The number of benzene rings is 2. The summed E-state index contributed by atoms with van der Waals surface area (Å²) in [5, 5.41) is 7.51. The van der Waals surface area contributed by atoms with Gasteiger partial charge in [-0.25, -0.2) is 4.98 Å². The maximum atomic E-state index is 13.6. The molecule has 0 unspecified atom stereocenters. The van der Waals surface area contributed by atoms with Gasteiger partial charge >= 0.3 is 0 Å². The summed E-state index contributed by atoms with van der Waals surface area (Å²) in [7, 11) is 0. The van der Waals surface area contributed by atoms with E-state index in [1.54, 1.807) is 11.8 Å². The van der Waals surface area contributed by atoms with Crippen LogP contribution in [0.5, 0.6) is 0 Å². The number of carbonyl (C=O) groups excluding carboxylic acids is 1. The zero-order valence-corrected chi connectivity index (χ0v) is 20.3. The van der Waals surface area contributed by atoms with Gasteiger partial charge in [0, 0.05) is 34.5 Å². The van der Waals surface area contributed by atoms with Crippen molar-refractivity contribution in [1.82, 2.24) is 9.88 Å². The van der Waals surface area contributed by atoms with E-state index in [1.807, 2.05) is 55.5 Å². The maximum Gasteiger partial charge on any atom is 0.284 e. The summed E-state index contributed by atoms with van der Waals surface area (Å²) in [4.78, 5) is 21.5. The molecule has 2 aliphatic rings. The molecule has 2 N–H and O–H groups in total. The van der Waals surface area contributed by atoms with Crippen molar-refractivity contribution < 1.29 is 15.0 Å². The van der Waals surface area contributed by atoms with Gasteiger partial charge in [-0.2, -0.15) is 10.1 Å². The number of fused-ring (bicyclic) bond motifs is 1. The Morgan fingerprint density at radius 2 is 1.88 bits per heavy atom. The number of hydrogen-bond acceptors (Lipinski definition) is 7. The molecule has 1 fully saturated rings. The fraction of sp³-hybridized carbons (Fsp3) is 0.261. The molecule has 33 heavy (non-hydrogen) atoms. The number of anilines is 1. The molecule has 0 bridgehead atoms. The van der Waals surface area contributed by atoms with Gasteiger partial charge in [-0.05, 0) is 43.3 Å². The van der Waals surface area contributed by atoms with Gasteiger partial charge in [0.1, 0.15) is 0 Å². The number of carbonyl (C=O) groups is 1. The van der Waals surface area contributed by atoms with Crippen LogP contribution < -0.4 is 5.01 Å². The van der Waals surface area contributed by atoms with E-state index in [9.17, 15) is 4.79 Å². The maximum absolute atomic E-state index is 13.6. The standard InChI is InChI=1S/C23H21ClN4O2S2.H2O/c1-15(27-10-12-30-13-11-27)21-19(14-31-17-8-6-16(24)7-9-17)26-28(22(21)29)23-25-18-4-2-3-5-20(18)32-23;/h2-9H,10-14H2,1H3;1H2/b21-15-;. The summed E-state index contributed by atoms with van der Waals surface area (Å²) in [6, 6.07) is 15.6. The van der Waals surface area contributed by atoms with Crippen LogP contribution in [-0.4, -0.2) is 59.0 Å². The van der Waals surface area contributed by atoms with Gasteiger partial charge in [-0.3, -0.25) is 4.79 Å². The Labute approximate surface area is 205 Å². The molecule has 0 radical (unpaired) electrons. The molecule has 1 saturated heterocycles. The van der Waals surface area contributed by atoms with Gasteiger partial charge in [-0.15, -0.1) is 11.8 Å². The van der Waals surface area contributed by atoms with Gasteiger partial charge in [0.15, 0.2) is 0 Å². The van der Waals surface area contributed by atoms with Crippen molar-refractivity contribution in [3.63, 3.8) is 0 Å². The van der Waals surface area contributed by atoms with Crippen molar-refractivity contribution >= 4 is 61.7 Å². The van der Waals surface area contributed by atoms with Crippen LogP contribution in [0.4, 0.5) is 5.13 Å².